The van der Waals surface area contributed by atoms with Gasteiger partial charge in [-0.2, -0.15) is 0 Å². The Kier molecular flexibility index (Phi) is 8.23. The van der Waals surface area contributed by atoms with Crippen LogP contribution in [0.15, 0.2) is 47.5 Å². The van der Waals surface area contributed by atoms with Crippen LogP contribution >= 0.6 is 0 Å². The molecular formula is C23H30FN5O2. The fraction of sp³-hybridized carbons (Fsp3) is 0.391. The van der Waals surface area contributed by atoms with Gasteiger partial charge >= 0.3 is 0 Å². The second kappa shape index (κ2) is 11.3. The van der Waals surface area contributed by atoms with Gasteiger partial charge in [0.1, 0.15) is 5.82 Å². The number of amides is 1. The van der Waals surface area contributed by atoms with Gasteiger partial charge < -0.3 is 25.6 Å². The molecule has 3 N–H and O–H groups in total. The van der Waals surface area contributed by atoms with Gasteiger partial charge in [-0.25, -0.2) is 4.39 Å². The van der Waals surface area contributed by atoms with E-state index in [9.17, 15) is 9.18 Å². The summed E-state index contributed by atoms with van der Waals surface area (Å²) < 4.78 is 19.9. The summed E-state index contributed by atoms with van der Waals surface area (Å²) in [5, 5.41) is 9.09. The zero-order valence-corrected chi connectivity index (χ0v) is 18.1. The number of hydrogen-bond acceptors (Lipinski definition) is 4. The first kappa shape index (κ1) is 22.6. The van der Waals surface area contributed by atoms with Crippen LogP contribution in [0, 0.1) is 5.82 Å². The Morgan fingerprint density at radius 3 is 2.65 bits per heavy atom. The molecule has 1 aliphatic heterocycles. The summed E-state index contributed by atoms with van der Waals surface area (Å²) in [6.07, 6.45) is 0.744. The van der Waals surface area contributed by atoms with E-state index in [-0.39, 0.29) is 11.7 Å². The molecule has 1 saturated heterocycles. The number of carbonyl (C=O) groups is 1. The van der Waals surface area contributed by atoms with Crippen LogP contribution in [0.5, 0.6) is 0 Å². The first-order chi connectivity index (χ1) is 15.1. The zero-order valence-electron chi connectivity index (χ0n) is 18.1. The number of halogens is 1. The van der Waals surface area contributed by atoms with Crippen LogP contribution in [0.25, 0.3) is 0 Å². The number of rotatable bonds is 7. The first-order valence-corrected chi connectivity index (χ1v) is 10.5. The van der Waals surface area contributed by atoms with Gasteiger partial charge in [0.25, 0.3) is 5.91 Å². The van der Waals surface area contributed by atoms with E-state index < -0.39 is 0 Å². The molecule has 2 aromatic rings. The summed E-state index contributed by atoms with van der Waals surface area (Å²) in [7, 11) is 3.32. The standard InChI is InChI=1S/C23H30FN5O2/c1-25-22(30)19-5-3-4-17(14-19)8-9-27-23(26-2)28-16-18-6-7-21(20(24)15-18)29-10-12-31-13-11-29/h3-7,14-15H,8-13,16H2,1-2H3,(H,25,30)(H2,26,27,28). The number of aliphatic imine (C=N–C) groups is 1. The monoisotopic (exact) mass is 427 g/mol. The molecule has 8 heteroatoms. The predicted octanol–water partition coefficient (Wildman–Crippen LogP) is 1.93. The Labute approximate surface area is 182 Å². The van der Waals surface area contributed by atoms with E-state index in [2.05, 4.69) is 20.9 Å². The molecule has 1 heterocycles. The van der Waals surface area contributed by atoms with E-state index in [1.807, 2.05) is 35.2 Å². The third kappa shape index (κ3) is 6.42. The Morgan fingerprint density at radius 2 is 1.94 bits per heavy atom. The molecule has 1 fully saturated rings. The molecule has 3 rings (SSSR count). The van der Waals surface area contributed by atoms with Crippen molar-refractivity contribution in [3.63, 3.8) is 0 Å². The molecule has 0 saturated carbocycles. The third-order valence-corrected chi connectivity index (χ3v) is 5.17. The van der Waals surface area contributed by atoms with Crippen molar-refractivity contribution in [2.75, 3.05) is 51.8 Å². The van der Waals surface area contributed by atoms with Crippen LogP contribution < -0.4 is 20.9 Å². The largest absolute Gasteiger partial charge is 0.378 e. The number of carbonyl (C=O) groups excluding carboxylic acids is 1. The molecule has 1 amide bonds. The van der Waals surface area contributed by atoms with Gasteiger partial charge in [-0.05, 0) is 41.8 Å². The number of hydrogen-bond donors (Lipinski definition) is 3. The van der Waals surface area contributed by atoms with E-state index in [0.29, 0.717) is 56.6 Å². The summed E-state index contributed by atoms with van der Waals surface area (Å²) in [4.78, 5) is 18.0. The van der Waals surface area contributed by atoms with Gasteiger partial charge in [-0.15, -0.1) is 0 Å². The van der Waals surface area contributed by atoms with Crippen LogP contribution in [-0.2, 0) is 17.7 Å². The smallest absolute Gasteiger partial charge is 0.251 e. The van der Waals surface area contributed by atoms with Gasteiger partial charge in [0.15, 0.2) is 5.96 Å². The number of morpholine rings is 1. The highest BCUT2D eigenvalue weighted by atomic mass is 19.1. The minimum atomic E-state index is -0.222. The Bertz CT molecular complexity index is 913. The lowest BCUT2D eigenvalue weighted by Crippen LogP contribution is -2.38. The van der Waals surface area contributed by atoms with Crippen molar-refractivity contribution in [2.45, 2.75) is 13.0 Å². The van der Waals surface area contributed by atoms with E-state index >= 15 is 0 Å². The fourth-order valence-corrected chi connectivity index (χ4v) is 3.47. The zero-order chi connectivity index (χ0) is 22.1. The Balaban J connectivity index is 1.48. The summed E-state index contributed by atoms with van der Waals surface area (Å²) in [5.74, 6) is 0.319. The number of anilines is 1. The maximum Gasteiger partial charge on any atom is 0.251 e. The average molecular weight is 428 g/mol. The van der Waals surface area contributed by atoms with E-state index in [1.54, 1.807) is 26.2 Å². The van der Waals surface area contributed by atoms with Crippen LogP contribution in [0.1, 0.15) is 21.5 Å². The topological polar surface area (TPSA) is 78.0 Å². The second-order valence-electron chi connectivity index (χ2n) is 7.27. The summed E-state index contributed by atoms with van der Waals surface area (Å²) >= 11 is 0. The summed E-state index contributed by atoms with van der Waals surface area (Å²) in [6, 6.07) is 12.9. The molecule has 0 bridgehead atoms. The maximum absolute atomic E-state index is 14.6. The molecule has 31 heavy (non-hydrogen) atoms. The highest BCUT2D eigenvalue weighted by molar-refractivity contribution is 5.94. The van der Waals surface area contributed by atoms with Gasteiger partial charge in [-0.3, -0.25) is 9.79 Å². The first-order valence-electron chi connectivity index (χ1n) is 10.5. The SMILES string of the molecule is CN=C(NCCc1cccc(C(=O)NC)c1)NCc1ccc(N2CCOCC2)c(F)c1. The number of benzene rings is 2. The molecule has 0 spiro atoms. The van der Waals surface area contributed by atoms with Crippen LogP contribution in [0.2, 0.25) is 0 Å². The number of ether oxygens (including phenoxy) is 1. The second-order valence-corrected chi connectivity index (χ2v) is 7.27. The molecule has 7 nitrogen and oxygen atoms in total. The highest BCUT2D eigenvalue weighted by Gasteiger charge is 2.15. The lowest BCUT2D eigenvalue weighted by molar-refractivity contribution is 0.0963. The van der Waals surface area contributed by atoms with Crippen LogP contribution in [0.3, 0.4) is 0 Å². The van der Waals surface area contributed by atoms with Crippen molar-refractivity contribution in [2.24, 2.45) is 4.99 Å². The lowest BCUT2D eigenvalue weighted by atomic mass is 10.1. The third-order valence-electron chi connectivity index (χ3n) is 5.17. The fourth-order valence-electron chi connectivity index (χ4n) is 3.47. The quantitative estimate of drug-likeness (QED) is 0.465. The minimum Gasteiger partial charge on any atom is -0.378 e. The average Bonchev–Trinajstić information content (AvgIpc) is 2.81. The van der Waals surface area contributed by atoms with Crippen molar-refractivity contribution in [1.29, 1.82) is 0 Å². The minimum absolute atomic E-state index is 0.0980. The van der Waals surface area contributed by atoms with Crippen LogP contribution in [-0.4, -0.2) is 58.8 Å². The molecule has 0 radical (unpaired) electrons. The molecule has 166 valence electrons. The summed E-state index contributed by atoms with van der Waals surface area (Å²) in [5.41, 5.74) is 3.17. The molecule has 0 unspecified atom stereocenters. The van der Waals surface area contributed by atoms with Gasteiger partial charge in [0.05, 0.1) is 18.9 Å². The Morgan fingerprint density at radius 1 is 1.13 bits per heavy atom. The van der Waals surface area contributed by atoms with Gasteiger partial charge in [0.2, 0.25) is 0 Å². The van der Waals surface area contributed by atoms with Crippen molar-refractivity contribution in [1.82, 2.24) is 16.0 Å². The highest BCUT2D eigenvalue weighted by Crippen LogP contribution is 2.21. The molecular weight excluding hydrogens is 397 g/mol. The maximum atomic E-state index is 14.6. The van der Waals surface area contributed by atoms with E-state index in [0.717, 1.165) is 17.5 Å². The van der Waals surface area contributed by atoms with E-state index in [4.69, 9.17) is 4.74 Å². The molecule has 2 aromatic carbocycles. The summed E-state index contributed by atoms with van der Waals surface area (Å²) in [6.45, 7) is 3.78. The number of nitrogens with one attached hydrogen (secondary N) is 3. The number of nitrogens with zero attached hydrogens (tertiary/aromatic N) is 2. The van der Waals surface area contributed by atoms with Crippen LogP contribution in [0.4, 0.5) is 10.1 Å². The molecule has 1 aliphatic rings. The van der Waals surface area contributed by atoms with E-state index in [1.165, 1.54) is 0 Å². The predicted molar refractivity (Wildman–Crippen MR) is 121 cm³/mol. The number of guanidine groups is 1. The molecule has 0 atom stereocenters. The van der Waals surface area contributed by atoms with Gasteiger partial charge in [-0.1, -0.05) is 18.2 Å². The van der Waals surface area contributed by atoms with Crippen molar-refractivity contribution in [3.8, 4) is 0 Å². The van der Waals surface area contributed by atoms with Gasteiger partial charge in [0, 0.05) is 45.8 Å². The lowest BCUT2D eigenvalue weighted by Gasteiger charge is -2.29. The normalized spacial score (nSPS) is 14.3. The van der Waals surface area contributed by atoms with Crippen molar-refractivity contribution < 1.29 is 13.9 Å². The Hall–Kier alpha value is -3.13. The van der Waals surface area contributed by atoms with Crippen molar-refractivity contribution >= 4 is 17.6 Å². The van der Waals surface area contributed by atoms with Crippen molar-refractivity contribution in [3.05, 3.63) is 65.0 Å². The molecule has 0 aromatic heterocycles. The molecule has 0 aliphatic carbocycles.